The van der Waals surface area contributed by atoms with Crippen LogP contribution in [0.25, 0.3) is 0 Å². The summed E-state index contributed by atoms with van der Waals surface area (Å²) >= 11 is 0. The predicted octanol–water partition coefficient (Wildman–Crippen LogP) is 2.51. The van der Waals surface area contributed by atoms with Gasteiger partial charge in [0.15, 0.2) is 0 Å². The molecule has 0 unspecified atom stereocenters. The van der Waals surface area contributed by atoms with E-state index in [0.29, 0.717) is 6.07 Å². The largest absolute Gasteiger partial charge is 0.481 e. The molecule has 0 aliphatic rings. The molecule has 1 aromatic rings. The van der Waals surface area contributed by atoms with E-state index in [1.54, 1.807) is 0 Å². The lowest BCUT2D eigenvalue weighted by atomic mass is 10.1. The number of aromatic nitrogens is 1. The maximum Gasteiger partial charge on any atom is 0.433 e. The van der Waals surface area contributed by atoms with E-state index < -0.39 is 36.3 Å². The number of ether oxygens (including phenoxy) is 1. The number of halogens is 5. The van der Waals surface area contributed by atoms with Gasteiger partial charge in [-0.1, -0.05) is 0 Å². The molecule has 1 rings (SSSR count). The normalized spacial score (nSPS) is 12.0. The first-order chi connectivity index (χ1) is 7.81. The Bertz CT molecular complexity index is 380. The lowest BCUT2D eigenvalue weighted by molar-refractivity contribution is -0.141. The van der Waals surface area contributed by atoms with Gasteiger partial charge in [-0.2, -0.15) is 13.2 Å². The second kappa shape index (κ2) is 4.82. The van der Waals surface area contributed by atoms with Crippen LogP contribution in [0.5, 0.6) is 5.88 Å². The van der Waals surface area contributed by atoms with Crippen LogP contribution in [0.1, 0.15) is 23.2 Å². The van der Waals surface area contributed by atoms with Crippen molar-refractivity contribution in [1.29, 1.82) is 0 Å². The topological polar surface area (TPSA) is 48.1 Å². The third kappa shape index (κ3) is 2.82. The van der Waals surface area contributed by atoms with Gasteiger partial charge in [0.2, 0.25) is 5.88 Å². The zero-order valence-corrected chi connectivity index (χ0v) is 8.68. The molecular formula is C9H9F5N2O. The summed E-state index contributed by atoms with van der Waals surface area (Å²) < 4.78 is 66.9. The molecule has 0 bridgehead atoms. The van der Waals surface area contributed by atoms with Gasteiger partial charge in [0.1, 0.15) is 5.69 Å². The first-order valence-corrected chi connectivity index (χ1v) is 4.44. The molecule has 0 spiro atoms. The van der Waals surface area contributed by atoms with Gasteiger partial charge in [0.05, 0.1) is 12.7 Å². The Morgan fingerprint density at radius 1 is 1.41 bits per heavy atom. The van der Waals surface area contributed by atoms with Crippen molar-refractivity contribution in [2.24, 2.45) is 5.73 Å². The average Bonchev–Trinajstić information content (AvgIpc) is 2.25. The molecule has 1 aromatic heterocycles. The van der Waals surface area contributed by atoms with Gasteiger partial charge in [-0.25, -0.2) is 13.8 Å². The van der Waals surface area contributed by atoms with E-state index in [1.807, 2.05) is 0 Å². The molecular weight excluding hydrogens is 247 g/mol. The monoisotopic (exact) mass is 256 g/mol. The number of pyridine rings is 1. The van der Waals surface area contributed by atoms with Gasteiger partial charge >= 0.3 is 6.18 Å². The average molecular weight is 256 g/mol. The van der Waals surface area contributed by atoms with E-state index >= 15 is 0 Å². The van der Waals surface area contributed by atoms with Crippen LogP contribution >= 0.6 is 0 Å². The number of methoxy groups -OCH3 is 1. The molecule has 0 aliphatic heterocycles. The van der Waals surface area contributed by atoms with Crippen molar-refractivity contribution >= 4 is 0 Å². The Hall–Kier alpha value is -1.44. The van der Waals surface area contributed by atoms with Crippen molar-refractivity contribution in [2.45, 2.75) is 19.1 Å². The Morgan fingerprint density at radius 2 is 2.00 bits per heavy atom. The fourth-order valence-corrected chi connectivity index (χ4v) is 1.29. The highest BCUT2D eigenvalue weighted by Gasteiger charge is 2.35. The van der Waals surface area contributed by atoms with Crippen molar-refractivity contribution in [3.05, 3.63) is 22.9 Å². The number of rotatable bonds is 3. The lowest BCUT2D eigenvalue weighted by Gasteiger charge is -2.14. The van der Waals surface area contributed by atoms with E-state index in [1.165, 1.54) is 0 Å². The Balaban J connectivity index is 3.45. The lowest BCUT2D eigenvalue weighted by Crippen LogP contribution is -2.14. The van der Waals surface area contributed by atoms with Crippen molar-refractivity contribution in [1.82, 2.24) is 4.98 Å². The minimum absolute atomic E-state index is 0.334. The summed E-state index contributed by atoms with van der Waals surface area (Å²) in [5.74, 6) is -0.754. The van der Waals surface area contributed by atoms with Gasteiger partial charge in [-0.05, 0) is 11.6 Å². The number of alkyl halides is 5. The molecule has 0 atom stereocenters. The summed E-state index contributed by atoms with van der Waals surface area (Å²) in [4.78, 5) is 3.01. The summed E-state index contributed by atoms with van der Waals surface area (Å²) in [5.41, 5.74) is 2.79. The second-order valence-electron chi connectivity index (χ2n) is 3.09. The van der Waals surface area contributed by atoms with E-state index in [9.17, 15) is 22.0 Å². The van der Waals surface area contributed by atoms with Crippen LogP contribution in [0, 0.1) is 0 Å². The minimum Gasteiger partial charge on any atom is -0.481 e. The summed E-state index contributed by atoms with van der Waals surface area (Å²) in [6.45, 7) is -0.457. The molecule has 8 heteroatoms. The number of hydrogen-bond donors (Lipinski definition) is 1. The first kappa shape index (κ1) is 13.6. The molecule has 0 aromatic carbocycles. The van der Waals surface area contributed by atoms with Crippen LogP contribution in [0.15, 0.2) is 6.07 Å². The second-order valence-corrected chi connectivity index (χ2v) is 3.09. The molecule has 1 heterocycles. The van der Waals surface area contributed by atoms with Gasteiger partial charge in [-0.15, -0.1) is 0 Å². The highest BCUT2D eigenvalue weighted by molar-refractivity contribution is 5.38. The van der Waals surface area contributed by atoms with E-state index in [-0.39, 0.29) is 5.56 Å². The molecule has 0 aliphatic carbocycles. The Labute approximate surface area is 93.4 Å². The molecule has 0 fully saturated rings. The number of nitrogens with two attached hydrogens (primary N) is 1. The quantitative estimate of drug-likeness (QED) is 0.845. The van der Waals surface area contributed by atoms with Crippen LogP contribution in [0.3, 0.4) is 0 Å². The zero-order chi connectivity index (χ0) is 13.2. The third-order valence-corrected chi connectivity index (χ3v) is 2.03. The van der Waals surface area contributed by atoms with Crippen LogP contribution in [0.4, 0.5) is 22.0 Å². The summed E-state index contributed by atoms with van der Waals surface area (Å²) in [5, 5.41) is 0. The maximum absolute atomic E-state index is 12.6. The zero-order valence-electron chi connectivity index (χ0n) is 8.68. The van der Waals surface area contributed by atoms with Crippen LogP contribution in [0.2, 0.25) is 0 Å². The van der Waals surface area contributed by atoms with Gasteiger partial charge in [-0.3, -0.25) is 0 Å². The summed E-state index contributed by atoms with van der Waals surface area (Å²) in [6, 6.07) is 0.504. The van der Waals surface area contributed by atoms with Crippen LogP contribution in [-0.4, -0.2) is 12.1 Å². The highest BCUT2D eigenvalue weighted by atomic mass is 19.4. The smallest absolute Gasteiger partial charge is 0.433 e. The predicted molar refractivity (Wildman–Crippen MR) is 48.6 cm³/mol. The number of nitrogens with zero attached hydrogens (tertiary/aromatic N) is 1. The fraction of sp³-hybridized carbons (Fsp3) is 0.444. The van der Waals surface area contributed by atoms with Gasteiger partial charge in [0, 0.05) is 6.54 Å². The molecule has 0 amide bonds. The molecule has 0 saturated heterocycles. The Kier molecular flexibility index (Phi) is 3.87. The van der Waals surface area contributed by atoms with Crippen LogP contribution < -0.4 is 10.5 Å². The van der Waals surface area contributed by atoms with E-state index in [4.69, 9.17) is 5.73 Å². The van der Waals surface area contributed by atoms with Crippen molar-refractivity contribution < 1.29 is 26.7 Å². The maximum atomic E-state index is 12.6. The minimum atomic E-state index is -4.74. The summed E-state index contributed by atoms with van der Waals surface area (Å²) in [7, 11) is 0.967. The third-order valence-electron chi connectivity index (χ3n) is 2.03. The molecule has 0 saturated carbocycles. The first-order valence-electron chi connectivity index (χ1n) is 4.44. The molecule has 17 heavy (non-hydrogen) atoms. The van der Waals surface area contributed by atoms with Gasteiger partial charge in [0.25, 0.3) is 6.43 Å². The van der Waals surface area contributed by atoms with Crippen molar-refractivity contribution in [3.63, 3.8) is 0 Å². The molecule has 0 radical (unpaired) electrons. The Morgan fingerprint density at radius 3 is 2.35 bits per heavy atom. The van der Waals surface area contributed by atoms with Crippen molar-refractivity contribution in [2.75, 3.05) is 7.11 Å². The van der Waals surface area contributed by atoms with Gasteiger partial charge < -0.3 is 10.5 Å². The molecule has 96 valence electrons. The highest BCUT2D eigenvalue weighted by Crippen LogP contribution is 2.36. The van der Waals surface area contributed by atoms with E-state index in [2.05, 4.69) is 9.72 Å². The standard InChI is InChI=1S/C9H9F5N2O/c1-17-8-6(7(10)11)4(3-15)2-5(16-8)9(12,13)14/h2,7H,3,15H2,1H3. The summed E-state index contributed by atoms with van der Waals surface area (Å²) in [6.07, 6.45) is -7.74. The molecule has 3 nitrogen and oxygen atoms in total. The molecule has 2 N–H and O–H groups in total. The van der Waals surface area contributed by atoms with Crippen LogP contribution in [-0.2, 0) is 12.7 Å². The van der Waals surface area contributed by atoms with Crippen molar-refractivity contribution in [3.8, 4) is 5.88 Å². The number of hydrogen-bond acceptors (Lipinski definition) is 3. The SMILES string of the molecule is COc1nc(C(F)(F)F)cc(CN)c1C(F)F. The fourth-order valence-electron chi connectivity index (χ4n) is 1.29. The van der Waals surface area contributed by atoms with E-state index in [0.717, 1.165) is 7.11 Å².